The second-order valence-corrected chi connectivity index (χ2v) is 11.6. The molecule has 0 saturated heterocycles. The first-order chi connectivity index (χ1) is 20.4. The lowest BCUT2D eigenvalue weighted by molar-refractivity contribution is -0.132. The van der Waals surface area contributed by atoms with E-state index in [0.29, 0.717) is 30.9 Å². The van der Waals surface area contributed by atoms with Crippen LogP contribution in [0.4, 0.5) is 10.1 Å². The largest absolute Gasteiger partial charge is 0.335 e. The molecule has 0 saturated carbocycles. The Morgan fingerprint density at radius 2 is 1.76 bits per heavy atom. The van der Waals surface area contributed by atoms with Crippen molar-refractivity contribution in [1.82, 2.24) is 19.4 Å². The number of pyridine rings is 1. The minimum absolute atomic E-state index is 0.0197. The van der Waals surface area contributed by atoms with Crippen LogP contribution in [0.1, 0.15) is 54.0 Å². The molecule has 1 aliphatic carbocycles. The molecule has 0 fully saturated rings. The van der Waals surface area contributed by atoms with E-state index in [2.05, 4.69) is 46.5 Å². The molecule has 2 aromatic heterocycles. The third-order valence-electron chi connectivity index (χ3n) is 8.72. The highest BCUT2D eigenvalue weighted by molar-refractivity contribution is 6.05. The normalized spacial score (nSPS) is 16.4. The number of carbonyl (C=O) groups excluding carboxylic acids is 2. The summed E-state index contributed by atoms with van der Waals surface area (Å²) in [6.07, 6.45) is 5.43. The summed E-state index contributed by atoms with van der Waals surface area (Å²) in [5.41, 5.74) is 5.28. The Morgan fingerprint density at radius 3 is 2.57 bits per heavy atom. The molecule has 2 aromatic carbocycles. The van der Waals surface area contributed by atoms with Crippen LogP contribution in [-0.2, 0) is 30.7 Å². The standard InChI is InChI=1S/C34H38FN5O2/c1-24(2)37-17-8-18-39(34(42)29-11-5-6-16-36-29)32-21-26(35)15-14-25(32)22-38(20-19-37)33(41)23-40-30-12-4-3-9-27(30)28-10-7-13-31(28)40/h3-6,9,11-12,14-16,21,24H,7-8,10,13,17-20,22-23H2,1-2H3. The summed E-state index contributed by atoms with van der Waals surface area (Å²) < 4.78 is 16.9. The summed E-state index contributed by atoms with van der Waals surface area (Å²) in [7, 11) is 0. The number of rotatable bonds is 4. The van der Waals surface area contributed by atoms with Crippen LogP contribution < -0.4 is 4.90 Å². The molecule has 7 nitrogen and oxygen atoms in total. The Hall–Kier alpha value is -4.04. The van der Waals surface area contributed by atoms with E-state index in [-0.39, 0.29) is 30.9 Å². The molecule has 0 bridgehead atoms. The van der Waals surface area contributed by atoms with Gasteiger partial charge in [0, 0.05) is 61.6 Å². The first-order valence-electron chi connectivity index (χ1n) is 15.0. The number of halogens is 1. The van der Waals surface area contributed by atoms with E-state index in [0.717, 1.165) is 43.4 Å². The predicted octanol–water partition coefficient (Wildman–Crippen LogP) is 5.45. The van der Waals surface area contributed by atoms with Crippen molar-refractivity contribution in [1.29, 1.82) is 0 Å². The van der Waals surface area contributed by atoms with Crippen LogP contribution in [0, 0.1) is 5.82 Å². The number of hydrogen-bond acceptors (Lipinski definition) is 4. The Morgan fingerprint density at radius 1 is 0.929 bits per heavy atom. The maximum Gasteiger partial charge on any atom is 0.276 e. The zero-order valence-electron chi connectivity index (χ0n) is 24.4. The van der Waals surface area contributed by atoms with Gasteiger partial charge in [-0.25, -0.2) is 4.39 Å². The number of nitrogens with zero attached hydrogens (tertiary/aromatic N) is 5. The molecule has 8 heteroatoms. The van der Waals surface area contributed by atoms with E-state index in [1.807, 2.05) is 11.0 Å². The average Bonchev–Trinajstić information content (AvgIpc) is 3.58. The van der Waals surface area contributed by atoms with Crippen LogP contribution in [0.2, 0.25) is 0 Å². The number of para-hydroxylation sites is 1. The van der Waals surface area contributed by atoms with Gasteiger partial charge >= 0.3 is 0 Å². The molecule has 0 atom stereocenters. The first-order valence-corrected chi connectivity index (χ1v) is 15.0. The molecular formula is C34H38FN5O2. The number of benzene rings is 2. The van der Waals surface area contributed by atoms with Crippen molar-refractivity contribution in [2.24, 2.45) is 0 Å². The summed E-state index contributed by atoms with van der Waals surface area (Å²) in [5.74, 6) is -0.671. The van der Waals surface area contributed by atoms with Crippen LogP contribution >= 0.6 is 0 Å². The van der Waals surface area contributed by atoms with Crippen LogP contribution in [0.15, 0.2) is 66.9 Å². The minimum Gasteiger partial charge on any atom is -0.335 e. The predicted molar refractivity (Wildman–Crippen MR) is 163 cm³/mol. The number of amides is 2. The quantitative estimate of drug-likeness (QED) is 0.329. The van der Waals surface area contributed by atoms with Crippen molar-refractivity contribution in [3.8, 4) is 0 Å². The van der Waals surface area contributed by atoms with Gasteiger partial charge in [-0.2, -0.15) is 0 Å². The van der Waals surface area contributed by atoms with Crippen molar-refractivity contribution in [3.63, 3.8) is 0 Å². The summed E-state index contributed by atoms with van der Waals surface area (Å²) >= 11 is 0. The van der Waals surface area contributed by atoms with E-state index in [1.54, 1.807) is 35.4 Å². The Kier molecular flexibility index (Phi) is 8.07. The fourth-order valence-corrected chi connectivity index (χ4v) is 6.53. The number of hydrogen-bond donors (Lipinski definition) is 0. The third-order valence-corrected chi connectivity index (χ3v) is 8.72. The number of aromatic nitrogens is 2. The molecule has 42 heavy (non-hydrogen) atoms. The molecule has 0 N–H and O–H groups in total. The minimum atomic E-state index is -0.418. The SMILES string of the molecule is CC(C)N1CCCN(C(=O)c2ccccn2)c2cc(F)ccc2CN(C(=O)Cn2c3c(c4ccccc42)CCC3)CC1. The van der Waals surface area contributed by atoms with Gasteiger partial charge in [-0.15, -0.1) is 0 Å². The highest BCUT2D eigenvalue weighted by atomic mass is 19.1. The second kappa shape index (κ2) is 12.1. The molecule has 1 aliphatic heterocycles. The Balaban J connectivity index is 1.37. The maximum absolute atomic E-state index is 14.7. The van der Waals surface area contributed by atoms with E-state index in [9.17, 15) is 14.0 Å². The molecule has 2 aliphatic rings. The summed E-state index contributed by atoms with van der Waals surface area (Å²) in [5, 5.41) is 1.24. The van der Waals surface area contributed by atoms with Gasteiger partial charge in [0.15, 0.2) is 0 Å². The van der Waals surface area contributed by atoms with Crippen molar-refractivity contribution in [3.05, 3.63) is 95.2 Å². The maximum atomic E-state index is 14.7. The number of anilines is 1. The van der Waals surface area contributed by atoms with Gasteiger partial charge in [0.1, 0.15) is 18.1 Å². The van der Waals surface area contributed by atoms with E-state index in [4.69, 9.17) is 0 Å². The topological polar surface area (TPSA) is 61.7 Å². The highest BCUT2D eigenvalue weighted by Gasteiger charge is 2.28. The molecule has 4 aromatic rings. The zero-order chi connectivity index (χ0) is 29.2. The van der Waals surface area contributed by atoms with Gasteiger partial charge in [-0.1, -0.05) is 30.3 Å². The molecule has 218 valence electrons. The molecular weight excluding hydrogens is 529 g/mol. The fourth-order valence-electron chi connectivity index (χ4n) is 6.53. The van der Waals surface area contributed by atoms with Gasteiger partial charge in [-0.05, 0) is 81.0 Å². The van der Waals surface area contributed by atoms with Crippen molar-refractivity contribution in [2.75, 3.05) is 31.1 Å². The van der Waals surface area contributed by atoms with Crippen molar-refractivity contribution in [2.45, 2.75) is 58.7 Å². The van der Waals surface area contributed by atoms with Crippen LogP contribution in [0.25, 0.3) is 10.9 Å². The van der Waals surface area contributed by atoms with E-state index >= 15 is 0 Å². The summed E-state index contributed by atoms with van der Waals surface area (Å²) in [4.78, 5) is 38.1. The lowest BCUT2D eigenvalue weighted by Crippen LogP contribution is -2.42. The molecule has 3 heterocycles. The fraction of sp³-hybridized carbons (Fsp3) is 0.382. The Bertz CT molecular complexity index is 1600. The monoisotopic (exact) mass is 567 g/mol. The van der Waals surface area contributed by atoms with E-state index < -0.39 is 5.82 Å². The average molecular weight is 568 g/mol. The van der Waals surface area contributed by atoms with Gasteiger partial charge in [0.2, 0.25) is 5.91 Å². The van der Waals surface area contributed by atoms with Crippen LogP contribution in [0.3, 0.4) is 0 Å². The van der Waals surface area contributed by atoms with Crippen LogP contribution in [0.5, 0.6) is 0 Å². The third kappa shape index (κ3) is 5.55. The lowest BCUT2D eigenvalue weighted by Gasteiger charge is -2.30. The summed E-state index contributed by atoms with van der Waals surface area (Å²) in [6, 6.07) is 18.4. The highest BCUT2D eigenvalue weighted by Crippen LogP contribution is 2.33. The van der Waals surface area contributed by atoms with E-state index in [1.165, 1.54) is 28.8 Å². The first kappa shape index (κ1) is 28.1. The Labute approximate surface area is 246 Å². The van der Waals surface area contributed by atoms with Crippen LogP contribution in [-0.4, -0.2) is 63.4 Å². The smallest absolute Gasteiger partial charge is 0.276 e. The van der Waals surface area contributed by atoms with Gasteiger partial charge in [0.25, 0.3) is 5.91 Å². The van der Waals surface area contributed by atoms with Crippen molar-refractivity contribution < 1.29 is 14.0 Å². The molecule has 0 unspecified atom stereocenters. The summed E-state index contributed by atoms with van der Waals surface area (Å²) in [6.45, 7) is 7.29. The van der Waals surface area contributed by atoms with Crippen molar-refractivity contribution >= 4 is 28.4 Å². The number of fused-ring (bicyclic) bond motifs is 4. The molecule has 2 amide bonds. The molecule has 0 radical (unpaired) electrons. The molecule has 6 rings (SSSR count). The number of carbonyl (C=O) groups is 2. The van der Waals surface area contributed by atoms with Gasteiger partial charge in [-0.3, -0.25) is 19.5 Å². The lowest BCUT2D eigenvalue weighted by atomic mass is 10.1. The van der Waals surface area contributed by atoms with Gasteiger partial charge < -0.3 is 14.4 Å². The van der Waals surface area contributed by atoms with Gasteiger partial charge in [0.05, 0.1) is 5.69 Å². The zero-order valence-corrected chi connectivity index (χ0v) is 24.4. The second-order valence-electron chi connectivity index (χ2n) is 11.6. The number of aryl methyl sites for hydroxylation is 1. The molecule has 0 spiro atoms.